The van der Waals surface area contributed by atoms with Gasteiger partial charge in [0.15, 0.2) is 11.5 Å². The molecule has 20 heavy (non-hydrogen) atoms. The molecule has 5 nitrogen and oxygen atoms in total. The third-order valence-corrected chi connectivity index (χ3v) is 2.29. The molecule has 1 rings (SSSR count). The summed E-state index contributed by atoms with van der Waals surface area (Å²) < 4.78 is 15.2. The summed E-state index contributed by atoms with van der Waals surface area (Å²) in [4.78, 5) is 22.9. The fourth-order valence-corrected chi connectivity index (χ4v) is 1.39. The molecule has 0 radical (unpaired) electrons. The van der Waals surface area contributed by atoms with Gasteiger partial charge in [-0.25, -0.2) is 4.79 Å². The average Bonchev–Trinajstić information content (AvgIpc) is 2.49. The lowest BCUT2D eigenvalue weighted by Gasteiger charge is -2.11. The van der Waals surface area contributed by atoms with E-state index in [9.17, 15) is 9.59 Å². The normalized spacial score (nSPS) is 9.45. The van der Waals surface area contributed by atoms with E-state index >= 15 is 0 Å². The van der Waals surface area contributed by atoms with Crippen LogP contribution in [-0.2, 0) is 9.53 Å². The van der Waals surface area contributed by atoms with Gasteiger partial charge in [-0.1, -0.05) is 25.3 Å². The maximum absolute atomic E-state index is 11.7. The third-order valence-electron chi connectivity index (χ3n) is 2.29. The van der Waals surface area contributed by atoms with Gasteiger partial charge in [0.05, 0.1) is 7.11 Å². The van der Waals surface area contributed by atoms with E-state index in [1.165, 1.54) is 12.1 Å². The van der Waals surface area contributed by atoms with E-state index in [1.54, 1.807) is 18.2 Å². The molecule has 106 valence electrons. The number of esters is 1. The summed E-state index contributed by atoms with van der Waals surface area (Å²) in [5.74, 6) is -0.875. The zero-order valence-corrected chi connectivity index (χ0v) is 11.3. The van der Waals surface area contributed by atoms with Crippen LogP contribution >= 0.6 is 0 Å². The smallest absolute Gasteiger partial charge is 0.379 e. The second kappa shape index (κ2) is 7.78. The van der Waals surface area contributed by atoms with Gasteiger partial charge in [-0.15, -0.1) is 0 Å². The number of ether oxygens (including phenoxy) is 3. The second-order valence-corrected chi connectivity index (χ2v) is 3.68. The van der Waals surface area contributed by atoms with Crippen LogP contribution < -0.4 is 9.47 Å². The lowest BCUT2D eigenvalue weighted by atomic mass is 10.1. The third kappa shape index (κ3) is 3.98. The van der Waals surface area contributed by atoms with Crippen molar-refractivity contribution in [1.29, 1.82) is 0 Å². The summed E-state index contributed by atoms with van der Waals surface area (Å²) in [6, 6.07) is 4.46. The molecular formula is C15H16O5. The summed E-state index contributed by atoms with van der Waals surface area (Å²) >= 11 is 0. The molecule has 5 heteroatoms. The molecule has 1 aromatic rings. The Morgan fingerprint density at radius 3 is 2.25 bits per heavy atom. The molecule has 1 aromatic carbocycles. The zero-order chi connectivity index (χ0) is 15.0. The molecular weight excluding hydrogens is 260 g/mol. The van der Waals surface area contributed by atoms with Crippen molar-refractivity contribution in [3.05, 3.63) is 49.1 Å². The van der Waals surface area contributed by atoms with Crippen molar-refractivity contribution < 1.29 is 23.8 Å². The van der Waals surface area contributed by atoms with Gasteiger partial charge < -0.3 is 14.2 Å². The first-order valence-corrected chi connectivity index (χ1v) is 5.88. The molecule has 0 unspecified atom stereocenters. The standard InChI is InChI=1S/C15H16O5/c1-4-8-19-12-7-6-11(14(16)15(17)18-3)10-13(12)20-9-5-2/h4-7,10H,1-2,8-9H2,3H3. The topological polar surface area (TPSA) is 61.8 Å². The summed E-state index contributed by atoms with van der Waals surface area (Å²) in [7, 11) is 1.15. The molecule has 0 aromatic heterocycles. The van der Waals surface area contributed by atoms with Crippen molar-refractivity contribution in [2.75, 3.05) is 20.3 Å². The number of ketones is 1. The lowest BCUT2D eigenvalue weighted by molar-refractivity contribution is -0.135. The molecule has 0 aliphatic heterocycles. The predicted octanol–water partition coefficient (Wildman–Crippen LogP) is 2.17. The van der Waals surface area contributed by atoms with E-state index in [1.807, 2.05) is 0 Å². The minimum atomic E-state index is -0.931. The first-order chi connectivity index (χ1) is 9.63. The van der Waals surface area contributed by atoms with Gasteiger partial charge in [0.1, 0.15) is 13.2 Å². The molecule has 0 heterocycles. The van der Waals surface area contributed by atoms with E-state index in [0.29, 0.717) is 18.1 Å². The Kier molecular flexibility index (Phi) is 6.03. The van der Waals surface area contributed by atoms with Crippen LogP contribution in [0.2, 0.25) is 0 Å². The Morgan fingerprint density at radius 1 is 1.10 bits per heavy atom. The first-order valence-electron chi connectivity index (χ1n) is 5.88. The molecule has 0 saturated heterocycles. The van der Waals surface area contributed by atoms with Crippen LogP contribution in [-0.4, -0.2) is 32.1 Å². The summed E-state index contributed by atoms with van der Waals surface area (Å²) in [6.07, 6.45) is 3.15. The second-order valence-electron chi connectivity index (χ2n) is 3.68. The van der Waals surface area contributed by atoms with Gasteiger partial charge in [-0.05, 0) is 18.2 Å². The van der Waals surface area contributed by atoms with E-state index in [-0.39, 0.29) is 12.2 Å². The van der Waals surface area contributed by atoms with Gasteiger partial charge in [-0.2, -0.15) is 0 Å². The number of hydrogen-bond donors (Lipinski definition) is 0. The van der Waals surface area contributed by atoms with Crippen LogP contribution in [0.4, 0.5) is 0 Å². The Hall–Kier alpha value is -2.56. The van der Waals surface area contributed by atoms with E-state index in [4.69, 9.17) is 9.47 Å². The van der Waals surface area contributed by atoms with Crippen LogP contribution in [0.15, 0.2) is 43.5 Å². The van der Waals surface area contributed by atoms with Crippen LogP contribution in [0, 0.1) is 0 Å². The van der Waals surface area contributed by atoms with Crippen molar-refractivity contribution in [3.8, 4) is 11.5 Å². The Labute approximate surface area is 117 Å². The summed E-state index contributed by atoms with van der Waals surface area (Å²) in [5.41, 5.74) is 0.168. The number of benzene rings is 1. The lowest BCUT2D eigenvalue weighted by Crippen LogP contribution is -2.15. The van der Waals surface area contributed by atoms with Crippen molar-refractivity contribution in [3.63, 3.8) is 0 Å². The van der Waals surface area contributed by atoms with E-state index < -0.39 is 11.8 Å². The summed E-state index contributed by atoms with van der Waals surface area (Å²) in [5, 5.41) is 0. The molecule has 0 saturated carbocycles. The van der Waals surface area contributed by atoms with Gasteiger partial charge >= 0.3 is 5.97 Å². The highest BCUT2D eigenvalue weighted by atomic mass is 16.5. The van der Waals surface area contributed by atoms with Gasteiger partial charge in [0, 0.05) is 5.56 Å². The molecule has 0 aliphatic rings. The quantitative estimate of drug-likeness (QED) is 0.315. The maximum Gasteiger partial charge on any atom is 0.379 e. The van der Waals surface area contributed by atoms with E-state index in [2.05, 4.69) is 17.9 Å². The van der Waals surface area contributed by atoms with Crippen molar-refractivity contribution in [2.24, 2.45) is 0 Å². The number of methoxy groups -OCH3 is 1. The Bertz CT molecular complexity index is 519. The maximum atomic E-state index is 11.7. The molecule has 0 amide bonds. The molecule has 0 bridgehead atoms. The first kappa shape index (κ1) is 15.5. The SMILES string of the molecule is C=CCOc1ccc(C(=O)C(=O)OC)cc1OCC=C. The van der Waals surface area contributed by atoms with Crippen molar-refractivity contribution >= 4 is 11.8 Å². The fourth-order valence-electron chi connectivity index (χ4n) is 1.39. The van der Waals surface area contributed by atoms with Crippen LogP contribution in [0.1, 0.15) is 10.4 Å². The van der Waals surface area contributed by atoms with Gasteiger partial charge in [0.2, 0.25) is 0 Å². The predicted molar refractivity (Wildman–Crippen MR) is 74.2 cm³/mol. The fraction of sp³-hybridized carbons (Fsp3) is 0.200. The number of carbonyl (C=O) groups is 2. The van der Waals surface area contributed by atoms with Crippen LogP contribution in [0.25, 0.3) is 0 Å². The van der Waals surface area contributed by atoms with Crippen molar-refractivity contribution in [2.45, 2.75) is 0 Å². The van der Waals surface area contributed by atoms with Crippen LogP contribution in [0.5, 0.6) is 11.5 Å². The minimum Gasteiger partial charge on any atom is -0.486 e. The molecule has 0 spiro atoms. The van der Waals surface area contributed by atoms with Gasteiger partial charge in [0.25, 0.3) is 5.78 Å². The minimum absolute atomic E-state index is 0.168. The number of carbonyl (C=O) groups excluding carboxylic acids is 2. The molecule has 0 aliphatic carbocycles. The highest BCUT2D eigenvalue weighted by Gasteiger charge is 2.18. The zero-order valence-electron chi connectivity index (χ0n) is 11.3. The molecule has 0 N–H and O–H groups in total. The molecule has 0 atom stereocenters. The molecule has 0 fully saturated rings. The highest BCUT2D eigenvalue weighted by molar-refractivity contribution is 6.40. The Balaban J connectivity index is 3.05. The number of hydrogen-bond acceptors (Lipinski definition) is 5. The Morgan fingerprint density at radius 2 is 1.70 bits per heavy atom. The summed E-state index contributed by atoms with van der Waals surface area (Å²) in [6.45, 7) is 7.64. The van der Waals surface area contributed by atoms with Crippen LogP contribution in [0.3, 0.4) is 0 Å². The largest absolute Gasteiger partial charge is 0.486 e. The number of Topliss-reactive ketones (excluding diaryl/α,β-unsaturated/α-hetero) is 1. The highest BCUT2D eigenvalue weighted by Crippen LogP contribution is 2.28. The monoisotopic (exact) mass is 276 g/mol. The number of rotatable bonds is 8. The van der Waals surface area contributed by atoms with E-state index in [0.717, 1.165) is 7.11 Å². The average molecular weight is 276 g/mol. The van der Waals surface area contributed by atoms with Gasteiger partial charge in [-0.3, -0.25) is 4.79 Å². The van der Waals surface area contributed by atoms with Crippen molar-refractivity contribution in [1.82, 2.24) is 0 Å².